The zero-order chi connectivity index (χ0) is 25.1. The lowest BCUT2D eigenvalue weighted by Crippen LogP contribution is -2.38. The topological polar surface area (TPSA) is 131 Å². The average molecular weight is 512 g/mol. The van der Waals surface area contributed by atoms with Gasteiger partial charge in [0.05, 0.1) is 26.4 Å². The molecule has 5 rings (SSSR count). The standard InChI is InChI=1S/C24H29N7O4S/c1-16(31-5-7-34-8-6-31)17-3-4-21(25-11-17)29-22-10-23(28-15-27-22)30-24-20(36(2,32)33)9-18(12-26-24)19-13-35-14-19/h3-4,9-12,15-16,19H,5-8,13-14H2,1-2H3,(H2,25,26,27,28,29,30). The van der Waals surface area contributed by atoms with Crippen molar-refractivity contribution < 1.29 is 17.9 Å². The number of pyridine rings is 2. The lowest BCUT2D eigenvalue weighted by Gasteiger charge is -2.32. The van der Waals surface area contributed by atoms with Crippen LogP contribution in [-0.2, 0) is 19.3 Å². The molecule has 12 heteroatoms. The van der Waals surface area contributed by atoms with Gasteiger partial charge in [-0.3, -0.25) is 4.90 Å². The summed E-state index contributed by atoms with van der Waals surface area (Å²) in [5.74, 6) is 1.93. The van der Waals surface area contributed by atoms with Gasteiger partial charge in [-0.15, -0.1) is 0 Å². The number of nitrogens with zero attached hydrogens (tertiary/aromatic N) is 5. The van der Waals surface area contributed by atoms with E-state index in [0.717, 1.165) is 37.4 Å². The fraction of sp³-hybridized carbons (Fsp3) is 0.417. The Morgan fingerprint density at radius 1 is 0.944 bits per heavy atom. The molecule has 1 atom stereocenters. The molecule has 36 heavy (non-hydrogen) atoms. The van der Waals surface area contributed by atoms with E-state index in [0.29, 0.717) is 30.7 Å². The molecule has 5 heterocycles. The highest BCUT2D eigenvalue weighted by molar-refractivity contribution is 7.90. The van der Waals surface area contributed by atoms with E-state index in [2.05, 4.69) is 42.4 Å². The number of nitrogens with one attached hydrogen (secondary N) is 2. The van der Waals surface area contributed by atoms with E-state index < -0.39 is 9.84 Å². The molecule has 2 N–H and O–H groups in total. The van der Waals surface area contributed by atoms with Crippen LogP contribution < -0.4 is 10.6 Å². The van der Waals surface area contributed by atoms with Crippen molar-refractivity contribution in [3.8, 4) is 0 Å². The van der Waals surface area contributed by atoms with Crippen LogP contribution in [0.3, 0.4) is 0 Å². The van der Waals surface area contributed by atoms with Crippen LogP contribution in [-0.4, -0.2) is 79.0 Å². The highest BCUT2D eigenvalue weighted by Crippen LogP contribution is 2.30. The summed E-state index contributed by atoms with van der Waals surface area (Å²) in [7, 11) is -3.52. The second-order valence-electron chi connectivity index (χ2n) is 8.96. The Morgan fingerprint density at radius 3 is 2.33 bits per heavy atom. The van der Waals surface area contributed by atoms with E-state index in [1.807, 2.05) is 18.3 Å². The third-order valence-corrected chi connectivity index (χ3v) is 7.52. The minimum absolute atomic E-state index is 0.117. The maximum Gasteiger partial charge on any atom is 0.179 e. The van der Waals surface area contributed by atoms with Gasteiger partial charge >= 0.3 is 0 Å². The van der Waals surface area contributed by atoms with Crippen molar-refractivity contribution in [3.63, 3.8) is 0 Å². The molecule has 0 spiro atoms. The molecule has 2 saturated heterocycles. The predicted molar refractivity (Wildman–Crippen MR) is 135 cm³/mol. The summed E-state index contributed by atoms with van der Waals surface area (Å²) in [4.78, 5) is 19.9. The molecule has 11 nitrogen and oxygen atoms in total. The summed E-state index contributed by atoms with van der Waals surface area (Å²) >= 11 is 0. The van der Waals surface area contributed by atoms with Gasteiger partial charge in [-0.05, 0) is 30.2 Å². The monoisotopic (exact) mass is 511 g/mol. The molecule has 0 bridgehead atoms. The van der Waals surface area contributed by atoms with E-state index in [-0.39, 0.29) is 22.7 Å². The van der Waals surface area contributed by atoms with Crippen molar-refractivity contribution in [2.24, 2.45) is 0 Å². The maximum atomic E-state index is 12.4. The van der Waals surface area contributed by atoms with Gasteiger partial charge in [0.15, 0.2) is 9.84 Å². The normalized spacial score (nSPS) is 17.8. The third kappa shape index (κ3) is 5.62. The predicted octanol–water partition coefficient (Wildman–Crippen LogP) is 2.66. The van der Waals surface area contributed by atoms with Gasteiger partial charge in [0.2, 0.25) is 0 Å². The Hall–Kier alpha value is -3.19. The molecule has 0 aromatic carbocycles. The number of ether oxygens (including phenoxy) is 2. The Bertz CT molecular complexity index is 1310. The van der Waals surface area contributed by atoms with Crippen LogP contribution in [0.1, 0.15) is 30.0 Å². The van der Waals surface area contributed by atoms with Crippen molar-refractivity contribution in [1.29, 1.82) is 0 Å². The van der Waals surface area contributed by atoms with E-state index in [1.165, 1.54) is 12.6 Å². The van der Waals surface area contributed by atoms with Crippen LogP contribution >= 0.6 is 0 Å². The molecule has 0 radical (unpaired) electrons. The van der Waals surface area contributed by atoms with Gasteiger partial charge in [0.25, 0.3) is 0 Å². The summed E-state index contributed by atoms with van der Waals surface area (Å²) in [6.45, 7) is 6.63. The summed E-state index contributed by atoms with van der Waals surface area (Å²) in [5.41, 5.74) is 1.97. The largest absolute Gasteiger partial charge is 0.380 e. The van der Waals surface area contributed by atoms with Gasteiger partial charge < -0.3 is 20.1 Å². The van der Waals surface area contributed by atoms with Crippen molar-refractivity contribution in [1.82, 2.24) is 24.8 Å². The fourth-order valence-electron chi connectivity index (χ4n) is 4.14. The summed E-state index contributed by atoms with van der Waals surface area (Å²) in [6, 6.07) is 7.54. The van der Waals surface area contributed by atoms with E-state index in [1.54, 1.807) is 18.3 Å². The SMILES string of the molecule is CC(c1ccc(Nc2cc(Nc3ncc(C4COC4)cc3S(C)(=O)=O)ncn2)nc1)N1CCOCC1. The van der Waals surface area contributed by atoms with E-state index in [9.17, 15) is 8.42 Å². The molecule has 2 aliphatic heterocycles. The van der Waals surface area contributed by atoms with Crippen molar-refractivity contribution in [2.45, 2.75) is 23.8 Å². The first-order valence-electron chi connectivity index (χ1n) is 11.8. The lowest BCUT2D eigenvalue weighted by atomic mass is 10.00. The molecule has 190 valence electrons. The zero-order valence-corrected chi connectivity index (χ0v) is 21.0. The highest BCUT2D eigenvalue weighted by Gasteiger charge is 2.25. The maximum absolute atomic E-state index is 12.4. The zero-order valence-electron chi connectivity index (χ0n) is 20.2. The molecule has 3 aromatic rings. The number of hydrogen-bond acceptors (Lipinski definition) is 11. The smallest absolute Gasteiger partial charge is 0.179 e. The number of rotatable bonds is 8. The van der Waals surface area contributed by atoms with Crippen molar-refractivity contribution in [2.75, 3.05) is 56.4 Å². The van der Waals surface area contributed by atoms with E-state index in [4.69, 9.17) is 9.47 Å². The van der Waals surface area contributed by atoms with Crippen LogP contribution in [0.15, 0.2) is 47.9 Å². The van der Waals surface area contributed by atoms with Gasteiger partial charge in [0, 0.05) is 49.8 Å². The van der Waals surface area contributed by atoms with Crippen LogP contribution in [0.5, 0.6) is 0 Å². The van der Waals surface area contributed by atoms with Crippen molar-refractivity contribution >= 4 is 33.1 Å². The number of hydrogen-bond donors (Lipinski definition) is 2. The van der Waals surface area contributed by atoms with Crippen LogP contribution in [0.2, 0.25) is 0 Å². The van der Waals surface area contributed by atoms with Gasteiger partial charge in [-0.1, -0.05) is 6.07 Å². The second-order valence-corrected chi connectivity index (χ2v) is 10.9. The second kappa shape index (κ2) is 10.4. The van der Waals surface area contributed by atoms with Crippen LogP contribution in [0, 0.1) is 0 Å². The number of morpholine rings is 1. The highest BCUT2D eigenvalue weighted by atomic mass is 32.2. The lowest BCUT2D eigenvalue weighted by molar-refractivity contribution is 0.00821. The average Bonchev–Trinajstić information content (AvgIpc) is 2.84. The molecule has 0 saturated carbocycles. The number of sulfone groups is 1. The van der Waals surface area contributed by atoms with Crippen LogP contribution in [0.4, 0.5) is 23.3 Å². The Balaban J connectivity index is 1.29. The minimum Gasteiger partial charge on any atom is -0.380 e. The van der Waals surface area contributed by atoms with Gasteiger partial charge in [-0.25, -0.2) is 28.4 Å². The number of anilines is 4. The Kier molecular flexibility index (Phi) is 7.10. The fourth-order valence-corrected chi connectivity index (χ4v) is 4.94. The van der Waals surface area contributed by atoms with Crippen molar-refractivity contribution in [3.05, 3.63) is 54.1 Å². The summed E-state index contributed by atoms with van der Waals surface area (Å²) in [5, 5.41) is 6.19. The first kappa shape index (κ1) is 24.5. The Morgan fingerprint density at radius 2 is 1.69 bits per heavy atom. The molecule has 0 amide bonds. The molecule has 0 aliphatic carbocycles. The molecular formula is C24H29N7O4S. The summed E-state index contributed by atoms with van der Waals surface area (Å²) in [6.07, 6.45) is 6.09. The molecular weight excluding hydrogens is 482 g/mol. The third-order valence-electron chi connectivity index (χ3n) is 6.41. The van der Waals surface area contributed by atoms with Gasteiger partial charge in [0.1, 0.15) is 34.5 Å². The quantitative estimate of drug-likeness (QED) is 0.463. The molecule has 1 unspecified atom stereocenters. The van der Waals surface area contributed by atoms with Crippen LogP contribution in [0.25, 0.3) is 0 Å². The minimum atomic E-state index is -3.52. The first-order valence-corrected chi connectivity index (χ1v) is 13.7. The molecule has 3 aromatic heterocycles. The first-order chi connectivity index (χ1) is 17.4. The van der Waals surface area contributed by atoms with Gasteiger partial charge in [-0.2, -0.15) is 0 Å². The molecule has 2 fully saturated rings. The Labute approximate surface area is 210 Å². The van der Waals surface area contributed by atoms with E-state index >= 15 is 0 Å². The number of aromatic nitrogens is 4. The summed E-state index contributed by atoms with van der Waals surface area (Å²) < 4.78 is 35.5. The molecule has 2 aliphatic rings.